The fraction of sp³-hybridized carbons (Fsp3) is 0.636. The van der Waals surface area contributed by atoms with Crippen molar-refractivity contribution in [2.24, 2.45) is 5.92 Å². The number of halogens is 1. The highest BCUT2D eigenvalue weighted by atomic mass is 35.5. The largest absolute Gasteiger partial charge is 0.370 e. The lowest BCUT2D eigenvalue weighted by Gasteiger charge is -2.13. The second kappa shape index (κ2) is 6.97. The monoisotopic (exact) mass is 259 g/mol. The van der Waals surface area contributed by atoms with E-state index in [-0.39, 0.29) is 0 Å². The van der Waals surface area contributed by atoms with Crippen LogP contribution in [0.5, 0.6) is 0 Å². The van der Waals surface area contributed by atoms with Crippen molar-refractivity contribution in [1.82, 2.24) is 9.97 Å². The van der Waals surface area contributed by atoms with E-state index in [1.54, 1.807) is 6.07 Å². The van der Waals surface area contributed by atoms with E-state index < -0.39 is 0 Å². The molecule has 1 N–H and O–H groups in total. The van der Waals surface area contributed by atoms with Gasteiger partial charge in [-0.05, 0) is 12.2 Å². The summed E-state index contributed by atoms with van der Waals surface area (Å²) < 4.78 is 0. The summed E-state index contributed by atoms with van der Waals surface area (Å²) in [6, 6.07) is 1.77. The first-order valence-corrected chi connectivity index (χ1v) is 7.12. The molecule has 1 aromatic heterocycles. The van der Waals surface area contributed by atoms with Crippen LogP contribution in [0.4, 0.5) is 5.82 Å². The third-order valence-corrected chi connectivity index (χ3v) is 3.32. The maximum absolute atomic E-state index is 5.91. The summed E-state index contributed by atoms with van der Waals surface area (Å²) in [6.07, 6.45) is 4.30. The highest BCUT2D eigenvalue weighted by molar-refractivity contribution is 7.98. The van der Waals surface area contributed by atoms with Gasteiger partial charge in [0.15, 0.2) is 5.16 Å². The van der Waals surface area contributed by atoms with Crippen molar-refractivity contribution >= 4 is 29.2 Å². The van der Waals surface area contributed by atoms with Crippen LogP contribution in [0.25, 0.3) is 0 Å². The Morgan fingerprint density at radius 2 is 2.06 bits per heavy atom. The van der Waals surface area contributed by atoms with Crippen LogP contribution in [0, 0.1) is 5.92 Å². The Kier molecular flexibility index (Phi) is 5.91. The van der Waals surface area contributed by atoms with Gasteiger partial charge in [0.25, 0.3) is 0 Å². The van der Waals surface area contributed by atoms with Crippen LogP contribution in [0.15, 0.2) is 11.2 Å². The number of rotatable bonds is 6. The minimum atomic E-state index is 0.492. The van der Waals surface area contributed by atoms with Crippen LogP contribution >= 0.6 is 23.4 Å². The molecule has 0 aromatic carbocycles. The lowest BCUT2D eigenvalue weighted by Crippen LogP contribution is -2.13. The maximum Gasteiger partial charge on any atom is 0.190 e. The van der Waals surface area contributed by atoms with E-state index in [1.807, 2.05) is 6.26 Å². The van der Waals surface area contributed by atoms with Gasteiger partial charge >= 0.3 is 0 Å². The van der Waals surface area contributed by atoms with Crippen molar-refractivity contribution in [3.05, 3.63) is 11.2 Å². The Hall–Kier alpha value is -0.480. The second-order valence-electron chi connectivity index (χ2n) is 3.63. The van der Waals surface area contributed by atoms with Gasteiger partial charge in [-0.15, -0.1) is 0 Å². The number of nitrogens with zero attached hydrogens (tertiary/aromatic N) is 2. The van der Waals surface area contributed by atoms with Crippen molar-refractivity contribution in [2.45, 2.75) is 31.8 Å². The standard InChI is InChI=1S/C11H18ClN3S/c1-4-8(5-2)7-13-10-6-9(12)14-11(15-10)16-3/h6,8H,4-5,7H2,1-3H3,(H,13,14,15). The molecule has 0 aliphatic carbocycles. The minimum Gasteiger partial charge on any atom is -0.370 e. The van der Waals surface area contributed by atoms with Crippen molar-refractivity contribution < 1.29 is 0 Å². The summed E-state index contributed by atoms with van der Waals surface area (Å²) in [5.41, 5.74) is 0. The van der Waals surface area contributed by atoms with Crippen molar-refractivity contribution in [3.63, 3.8) is 0 Å². The lowest BCUT2D eigenvalue weighted by atomic mass is 10.0. The molecule has 16 heavy (non-hydrogen) atoms. The molecule has 3 nitrogen and oxygen atoms in total. The van der Waals surface area contributed by atoms with Gasteiger partial charge in [0.05, 0.1) is 0 Å². The number of thioether (sulfide) groups is 1. The van der Waals surface area contributed by atoms with Crippen molar-refractivity contribution in [1.29, 1.82) is 0 Å². The molecule has 0 atom stereocenters. The fourth-order valence-electron chi connectivity index (χ4n) is 1.40. The molecule has 0 aliphatic rings. The van der Waals surface area contributed by atoms with E-state index in [9.17, 15) is 0 Å². The Labute approximate surface area is 106 Å². The van der Waals surface area contributed by atoms with Gasteiger partial charge in [-0.25, -0.2) is 9.97 Å². The molecule has 0 saturated carbocycles. The average Bonchev–Trinajstić information content (AvgIpc) is 2.29. The predicted molar refractivity (Wildman–Crippen MR) is 71.4 cm³/mol. The van der Waals surface area contributed by atoms with Crippen molar-refractivity contribution in [3.8, 4) is 0 Å². The Bertz CT molecular complexity index is 329. The quantitative estimate of drug-likeness (QED) is 0.480. The predicted octanol–water partition coefficient (Wildman–Crippen LogP) is 3.70. The molecule has 0 spiro atoms. The molecule has 0 fully saturated rings. The molecule has 90 valence electrons. The van der Waals surface area contributed by atoms with E-state index in [2.05, 4.69) is 29.1 Å². The molecular formula is C11H18ClN3S. The number of hydrogen-bond acceptors (Lipinski definition) is 4. The third kappa shape index (κ3) is 4.18. The Morgan fingerprint density at radius 1 is 1.38 bits per heavy atom. The SMILES string of the molecule is CCC(CC)CNc1cc(Cl)nc(SC)n1. The van der Waals surface area contributed by atoms with Gasteiger partial charge in [0.1, 0.15) is 11.0 Å². The Balaban J connectivity index is 2.62. The zero-order valence-corrected chi connectivity index (χ0v) is 11.5. The summed E-state index contributed by atoms with van der Waals surface area (Å²) in [7, 11) is 0. The molecule has 0 unspecified atom stereocenters. The molecular weight excluding hydrogens is 242 g/mol. The number of nitrogens with one attached hydrogen (secondary N) is 1. The minimum absolute atomic E-state index is 0.492. The van der Waals surface area contributed by atoms with Gasteiger partial charge in [0, 0.05) is 12.6 Å². The Morgan fingerprint density at radius 3 is 2.62 bits per heavy atom. The molecule has 1 aromatic rings. The molecule has 0 aliphatic heterocycles. The first kappa shape index (κ1) is 13.6. The normalized spacial score (nSPS) is 10.8. The van der Waals surface area contributed by atoms with Crippen molar-refractivity contribution in [2.75, 3.05) is 18.1 Å². The molecule has 5 heteroatoms. The molecule has 1 heterocycles. The molecule has 1 rings (SSSR count). The molecule has 0 radical (unpaired) electrons. The summed E-state index contributed by atoms with van der Waals surface area (Å²) in [5, 5.41) is 4.51. The second-order valence-corrected chi connectivity index (χ2v) is 4.79. The summed E-state index contributed by atoms with van der Waals surface area (Å²) >= 11 is 7.40. The van der Waals surface area contributed by atoms with Gasteiger partial charge in [-0.2, -0.15) is 0 Å². The molecule has 0 amide bonds. The fourth-order valence-corrected chi connectivity index (χ4v) is 2.02. The van der Waals surface area contributed by atoms with Gasteiger partial charge in [-0.1, -0.05) is 50.1 Å². The lowest BCUT2D eigenvalue weighted by molar-refractivity contribution is 0.518. The third-order valence-electron chi connectivity index (χ3n) is 2.58. The maximum atomic E-state index is 5.91. The highest BCUT2D eigenvalue weighted by Crippen LogP contribution is 2.18. The zero-order chi connectivity index (χ0) is 12.0. The van der Waals surface area contributed by atoms with Crippen LogP contribution < -0.4 is 5.32 Å². The van der Waals surface area contributed by atoms with Gasteiger partial charge in [0.2, 0.25) is 0 Å². The summed E-state index contributed by atoms with van der Waals surface area (Å²) in [6.45, 7) is 5.35. The number of anilines is 1. The molecule has 0 saturated heterocycles. The van der Waals surface area contributed by atoms with Crippen LogP contribution in [0.3, 0.4) is 0 Å². The summed E-state index contributed by atoms with van der Waals surface area (Å²) in [5.74, 6) is 1.50. The van der Waals surface area contributed by atoms with Crippen LogP contribution in [-0.2, 0) is 0 Å². The van der Waals surface area contributed by atoms with E-state index in [1.165, 1.54) is 24.6 Å². The number of hydrogen-bond donors (Lipinski definition) is 1. The average molecular weight is 260 g/mol. The van der Waals surface area contributed by atoms with Crippen LogP contribution in [0.2, 0.25) is 5.15 Å². The van der Waals surface area contributed by atoms with Gasteiger partial charge in [-0.3, -0.25) is 0 Å². The van der Waals surface area contributed by atoms with E-state index in [0.717, 1.165) is 12.4 Å². The van der Waals surface area contributed by atoms with Crippen LogP contribution in [0.1, 0.15) is 26.7 Å². The summed E-state index contributed by atoms with van der Waals surface area (Å²) in [4.78, 5) is 8.45. The molecule has 0 bridgehead atoms. The van der Waals surface area contributed by atoms with E-state index in [0.29, 0.717) is 16.2 Å². The van der Waals surface area contributed by atoms with Crippen LogP contribution in [-0.4, -0.2) is 22.8 Å². The first-order valence-electron chi connectivity index (χ1n) is 5.52. The first-order chi connectivity index (χ1) is 7.69. The van der Waals surface area contributed by atoms with Gasteiger partial charge < -0.3 is 5.32 Å². The topological polar surface area (TPSA) is 37.8 Å². The zero-order valence-electron chi connectivity index (χ0n) is 9.96. The van der Waals surface area contributed by atoms with E-state index >= 15 is 0 Å². The van der Waals surface area contributed by atoms with E-state index in [4.69, 9.17) is 11.6 Å². The smallest absolute Gasteiger partial charge is 0.190 e. The number of aromatic nitrogens is 2. The highest BCUT2D eigenvalue weighted by Gasteiger charge is 2.05.